The number of ether oxygens (including phenoxy) is 2. The van der Waals surface area contributed by atoms with E-state index in [0.29, 0.717) is 19.1 Å². The Labute approximate surface area is 111 Å². The molecule has 0 atom stereocenters. The van der Waals surface area contributed by atoms with E-state index in [4.69, 9.17) is 9.47 Å². The Bertz CT molecular complexity index is 557. The molecule has 0 aliphatic carbocycles. The van der Waals surface area contributed by atoms with Crippen molar-refractivity contribution in [2.24, 2.45) is 0 Å². The molecule has 0 saturated carbocycles. The Morgan fingerprint density at radius 2 is 1.89 bits per heavy atom. The number of hydrogen-bond acceptors (Lipinski definition) is 5. The van der Waals surface area contributed by atoms with Gasteiger partial charge in [0.05, 0.1) is 30.4 Å². The highest BCUT2D eigenvalue weighted by atomic mass is 16.5. The molecule has 0 unspecified atom stereocenters. The van der Waals surface area contributed by atoms with E-state index in [-0.39, 0.29) is 5.97 Å². The van der Waals surface area contributed by atoms with E-state index < -0.39 is 0 Å². The van der Waals surface area contributed by atoms with Crippen molar-refractivity contribution in [2.45, 2.75) is 19.8 Å². The topological polar surface area (TPSA) is 61.3 Å². The maximum Gasteiger partial charge on any atom is 0.302 e. The number of nitrogens with zero attached hydrogens (tertiary/aromatic N) is 2. The maximum atomic E-state index is 10.6. The number of unbranched alkanes of at least 4 members (excludes halogenated alkanes) is 1. The summed E-state index contributed by atoms with van der Waals surface area (Å²) in [4.78, 5) is 19.2. The fourth-order valence-corrected chi connectivity index (χ4v) is 1.61. The Balaban J connectivity index is 1.77. The molecule has 0 bridgehead atoms. The lowest BCUT2D eigenvalue weighted by Crippen LogP contribution is -2.04. The molecule has 0 fully saturated rings. The van der Waals surface area contributed by atoms with Crippen molar-refractivity contribution < 1.29 is 14.3 Å². The minimum absolute atomic E-state index is 0.249. The summed E-state index contributed by atoms with van der Waals surface area (Å²) in [6.07, 6.45) is 3.21. The number of rotatable bonds is 6. The van der Waals surface area contributed by atoms with Gasteiger partial charge in [0.15, 0.2) is 0 Å². The van der Waals surface area contributed by atoms with Crippen molar-refractivity contribution in [2.75, 3.05) is 13.2 Å². The molecule has 5 nitrogen and oxygen atoms in total. The fourth-order valence-electron chi connectivity index (χ4n) is 1.61. The van der Waals surface area contributed by atoms with E-state index in [1.165, 1.54) is 6.92 Å². The van der Waals surface area contributed by atoms with Crippen LogP contribution in [0.25, 0.3) is 11.0 Å². The van der Waals surface area contributed by atoms with Gasteiger partial charge in [-0.15, -0.1) is 0 Å². The number of benzene rings is 1. The first-order valence-electron chi connectivity index (χ1n) is 6.23. The third kappa shape index (κ3) is 4.21. The Morgan fingerprint density at radius 3 is 2.68 bits per heavy atom. The molecular weight excluding hydrogens is 244 g/mol. The standard InChI is InChI=1S/C14H16N2O3/c1-11(17)18-8-4-5-9-19-14-10-15-12-6-2-3-7-13(12)16-14/h2-3,6-7,10H,4-5,8-9H2,1H3. The molecule has 1 heterocycles. The summed E-state index contributed by atoms with van der Waals surface area (Å²) in [5.74, 6) is 0.271. The maximum absolute atomic E-state index is 10.6. The van der Waals surface area contributed by atoms with Gasteiger partial charge in [-0.2, -0.15) is 0 Å². The van der Waals surface area contributed by atoms with Gasteiger partial charge in [0.25, 0.3) is 0 Å². The number of esters is 1. The largest absolute Gasteiger partial charge is 0.477 e. The van der Waals surface area contributed by atoms with Crippen molar-refractivity contribution in [3.8, 4) is 5.88 Å². The highest BCUT2D eigenvalue weighted by Crippen LogP contribution is 2.13. The molecule has 2 rings (SSSR count). The van der Waals surface area contributed by atoms with Crippen LogP contribution in [0.15, 0.2) is 30.5 Å². The fraction of sp³-hybridized carbons (Fsp3) is 0.357. The summed E-state index contributed by atoms with van der Waals surface area (Å²) in [7, 11) is 0. The lowest BCUT2D eigenvalue weighted by Gasteiger charge is -2.05. The highest BCUT2D eigenvalue weighted by molar-refractivity contribution is 5.73. The molecule has 0 aliphatic heterocycles. The van der Waals surface area contributed by atoms with Crippen LogP contribution < -0.4 is 4.74 Å². The Hall–Kier alpha value is -2.17. The SMILES string of the molecule is CC(=O)OCCCCOc1cnc2ccccc2n1. The number of fused-ring (bicyclic) bond motifs is 1. The summed E-state index contributed by atoms with van der Waals surface area (Å²) < 4.78 is 10.3. The zero-order valence-corrected chi connectivity index (χ0v) is 10.8. The van der Waals surface area contributed by atoms with Crippen LogP contribution in [0.5, 0.6) is 5.88 Å². The van der Waals surface area contributed by atoms with Gasteiger partial charge in [0.1, 0.15) is 0 Å². The predicted octanol–water partition coefficient (Wildman–Crippen LogP) is 2.35. The lowest BCUT2D eigenvalue weighted by molar-refractivity contribution is -0.141. The lowest BCUT2D eigenvalue weighted by atomic mass is 10.3. The second-order valence-electron chi connectivity index (χ2n) is 4.09. The minimum atomic E-state index is -0.249. The third-order valence-corrected chi connectivity index (χ3v) is 2.52. The molecule has 0 N–H and O–H groups in total. The van der Waals surface area contributed by atoms with E-state index in [1.54, 1.807) is 6.20 Å². The van der Waals surface area contributed by atoms with E-state index in [9.17, 15) is 4.79 Å². The smallest absolute Gasteiger partial charge is 0.302 e. The molecule has 0 radical (unpaired) electrons. The Kier molecular flexibility index (Phi) is 4.66. The van der Waals surface area contributed by atoms with Gasteiger partial charge in [-0.1, -0.05) is 12.1 Å². The number of aromatic nitrogens is 2. The van der Waals surface area contributed by atoms with Crippen molar-refractivity contribution in [1.29, 1.82) is 0 Å². The predicted molar refractivity (Wildman–Crippen MR) is 70.9 cm³/mol. The van der Waals surface area contributed by atoms with E-state index in [0.717, 1.165) is 23.9 Å². The second-order valence-corrected chi connectivity index (χ2v) is 4.09. The summed E-state index contributed by atoms with van der Waals surface area (Å²) in [6.45, 7) is 2.37. The van der Waals surface area contributed by atoms with Gasteiger partial charge >= 0.3 is 5.97 Å². The summed E-state index contributed by atoms with van der Waals surface area (Å²) >= 11 is 0. The zero-order valence-electron chi connectivity index (χ0n) is 10.8. The zero-order chi connectivity index (χ0) is 13.5. The van der Waals surface area contributed by atoms with Crippen molar-refractivity contribution in [1.82, 2.24) is 9.97 Å². The molecule has 0 saturated heterocycles. The average molecular weight is 260 g/mol. The van der Waals surface area contributed by atoms with E-state index >= 15 is 0 Å². The summed E-state index contributed by atoms with van der Waals surface area (Å²) in [5.41, 5.74) is 1.67. The summed E-state index contributed by atoms with van der Waals surface area (Å²) in [5, 5.41) is 0. The monoisotopic (exact) mass is 260 g/mol. The van der Waals surface area contributed by atoms with Gasteiger partial charge in [0, 0.05) is 6.92 Å². The van der Waals surface area contributed by atoms with Crippen molar-refractivity contribution in [3.63, 3.8) is 0 Å². The molecule has 2 aromatic rings. The quantitative estimate of drug-likeness (QED) is 0.589. The van der Waals surface area contributed by atoms with Crippen LogP contribution in [0, 0.1) is 0 Å². The molecule has 0 aliphatic rings. The first-order valence-corrected chi connectivity index (χ1v) is 6.23. The van der Waals surface area contributed by atoms with Crippen LogP contribution in [0.3, 0.4) is 0 Å². The van der Waals surface area contributed by atoms with Crippen LogP contribution in [-0.4, -0.2) is 29.2 Å². The van der Waals surface area contributed by atoms with Gasteiger partial charge in [0.2, 0.25) is 5.88 Å². The van der Waals surface area contributed by atoms with Crippen LogP contribution in [0.1, 0.15) is 19.8 Å². The molecule has 0 amide bonds. The van der Waals surface area contributed by atoms with Gasteiger partial charge in [-0.25, -0.2) is 9.97 Å². The molecular formula is C14H16N2O3. The van der Waals surface area contributed by atoms with Crippen LogP contribution >= 0.6 is 0 Å². The molecule has 100 valence electrons. The minimum Gasteiger partial charge on any atom is -0.477 e. The first kappa shape index (κ1) is 13.3. The molecule has 1 aromatic carbocycles. The molecule has 1 aromatic heterocycles. The van der Waals surface area contributed by atoms with Crippen LogP contribution in [0.4, 0.5) is 0 Å². The highest BCUT2D eigenvalue weighted by Gasteiger charge is 2.00. The van der Waals surface area contributed by atoms with E-state index in [1.807, 2.05) is 24.3 Å². The normalized spacial score (nSPS) is 10.4. The van der Waals surface area contributed by atoms with Gasteiger partial charge in [-0.05, 0) is 25.0 Å². The summed E-state index contributed by atoms with van der Waals surface area (Å²) in [6, 6.07) is 7.65. The number of carbonyl (C=O) groups is 1. The van der Waals surface area contributed by atoms with Crippen molar-refractivity contribution >= 4 is 17.0 Å². The third-order valence-electron chi connectivity index (χ3n) is 2.52. The second kappa shape index (κ2) is 6.68. The molecule has 0 spiro atoms. The number of para-hydroxylation sites is 2. The van der Waals surface area contributed by atoms with E-state index in [2.05, 4.69) is 9.97 Å². The van der Waals surface area contributed by atoms with Crippen LogP contribution in [-0.2, 0) is 9.53 Å². The number of hydrogen-bond donors (Lipinski definition) is 0. The average Bonchev–Trinajstić information content (AvgIpc) is 2.42. The molecule has 19 heavy (non-hydrogen) atoms. The van der Waals surface area contributed by atoms with Gasteiger partial charge in [-0.3, -0.25) is 4.79 Å². The number of carbonyl (C=O) groups excluding carboxylic acids is 1. The first-order chi connectivity index (χ1) is 9.25. The van der Waals surface area contributed by atoms with Crippen molar-refractivity contribution in [3.05, 3.63) is 30.5 Å². The Morgan fingerprint density at radius 1 is 1.16 bits per heavy atom. The van der Waals surface area contributed by atoms with Gasteiger partial charge < -0.3 is 9.47 Å². The molecule has 5 heteroatoms. The van der Waals surface area contributed by atoms with Crippen LogP contribution in [0.2, 0.25) is 0 Å².